The second-order valence-corrected chi connectivity index (χ2v) is 6.27. The lowest BCUT2D eigenvalue weighted by atomic mass is 10.1. The van der Waals surface area contributed by atoms with Crippen molar-refractivity contribution < 1.29 is 4.79 Å². The molecule has 8 heteroatoms. The van der Waals surface area contributed by atoms with Gasteiger partial charge in [0.2, 0.25) is 5.91 Å². The second kappa shape index (κ2) is 6.79. The molecule has 1 aromatic carbocycles. The minimum absolute atomic E-state index is 0.0372. The molecule has 3 rings (SSSR count). The molecule has 1 unspecified atom stereocenters. The Balaban J connectivity index is 1.65. The number of aryl methyl sites for hydroxylation is 1. The largest absolute Gasteiger partial charge is 0.348 e. The van der Waals surface area contributed by atoms with Crippen LogP contribution in [-0.2, 0) is 11.3 Å². The van der Waals surface area contributed by atoms with Crippen LogP contribution in [-0.4, -0.2) is 25.2 Å². The molecular formula is C16H17N5O2S. The average molecular weight is 343 g/mol. The highest BCUT2D eigenvalue weighted by Crippen LogP contribution is 2.15. The van der Waals surface area contributed by atoms with Gasteiger partial charge in [-0.05, 0) is 31.5 Å². The van der Waals surface area contributed by atoms with Gasteiger partial charge in [0.1, 0.15) is 19.2 Å². The van der Waals surface area contributed by atoms with E-state index in [-0.39, 0.29) is 23.4 Å². The molecule has 0 fully saturated rings. The molecule has 24 heavy (non-hydrogen) atoms. The lowest BCUT2D eigenvalue weighted by Crippen LogP contribution is -2.32. The van der Waals surface area contributed by atoms with Crippen LogP contribution >= 0.6 is 11.3 Å². The molecule has 3 aromatic rings. The summed E-state index contributed by atoms with van der Waals surface area (Å²) in [6, 6.07) is 7.55. The first-order valence-corrected chi connectivity index (χ1v) is 8.32. The van der Waals surface area contributed by atoms with Gasteiger partial charge in [-0.2, -0.15) is 5.10 Å². The fourth-order valence-corrected chi connectivity index (χ4v) is 3.10. The van der Waals surface area contributed by atoms with E-state index in [2.05, 4.69) is 15.4 Å². The summed E-state index contributed by atoms with van der Waals surface area (Å²) in [7, 11) is 0. The summed E-state index contributed by atoms with van der Waals surface area (Å²) in [5, 5.41) is 8.74. The number of rotatable bonds is 5. The van der Waals surface area contributed by atoms with Crippen molar-refractivity contribution in [2.75, 3.05) is 0 Å². The Labute approximate surface area is 142 Å². The summed E-state index contributed by atoms with van der Waals surface area (Å²) in [6.45, 7) is 3.76. The van der Waals surface area contributed by atoms with Gasteiger partial charge in [-0.3, -0.25) is 14.2 Å². The van der Waals surface area contributed by atoms with Gasteiger partial charge in [0.15, 0.2) is 0 Å². The maximum absolute atomic E-state index is 12.2. The minimum Gasteiger partial charge on any atom is -0.348 e. The van der Waals surface area contributed by atoms with Gasteiger partial charge in [0.05, 0.1) is 11.7 Å². The zero-order valence-electron chi connectivity index (χ0n) is 13.3. The van der Waals surface area contributed by atoms with Crippen molar-refractivity contribution in [3.63, 3.8) is 0 Å². The number of carbonyl (C=O) groups excluding carboxylic acids is 1. The SMILES string of the molecule is Cc1csc(=O)n1CC(=O)NC(C)c1ccc(-n2cncn2)cc1. The van der Waals surface area contributed by atoms with Crippen LogP contribution in [0, 0.1) is 6.92 Å². The fourth-order valence-electron chi connectivity index (χ4n) is 2.37. The minimum atomic E-state index is -0.188. The third-order valence-electron chi connectivity index (χ3n) is 3.73. The summed E-state index contributed by atoms with van der Waals surface area (Å²) in [6.07, 6.45) is 3.10. The van der Waals surface area contributed by atoms with Gasteiger partial charge in [0.25, 0.3) is 0 Å². The molecule has 1 amide bonds. The molecule has 0 aliphatic rings. The Kier molecular flexibility index (Phi) is 4.57. The monoisotopic (exact) mass is 343 g/mol. The third kappa shape index (κ3) is 3.43. The molecule has 0 spiro atoms. The van der Waals surface area contributed by atoms with Crippen molar-refractivity contribution >= 4 is 17.2 Å². The molecule has 0 saturated carbocycles. The van der Waals surface area contributed by atoms with E-state index >= 15 is 0 Å². The standard InChI is InChI=1S/C16H17N5O2S/c1-11-8-24-16(23)20(11)7-15(22)19-12(2)13-3-5-14(6-4-13)21-10-17-9-18-21/h3-6,8-10,12H,7H2,1-2H3,(H,19,22). The predicted molar refractivity (Wildman–Crippen MR) is 91.2 cm³/mol. The number of hydrogen-bond donors (Lipinski definition) is 1. The van der Waals surface area contributed by atoms with Crippen LogP contribution in [0.25, 0.3) is 5.69 Å². The van der Waals surface area contributed by atoms with Gasteiger partial charge in [-0.15, -0.1) is 0 Å². The number of amides is 1. The van der Waals surface area contributed by atoms with E-state index in [0.717, 1.165) is 28.3 Å². The maximum atomic E-state index is 12.2. The highest BCUT2D eigenvalue weighted by Gasteiger charge is 2.12. The fraction of sp³-hybridized carbons (Fsp3) is 0.250. The number of nitrogens with zero attached hydrogens (tertiary/aromatic N) is 4. The van der Waals surface area contributed by atoms with Crippen LogP contribution in [0.4, 0.5) is 0 Å². The van der Waals surface area contributed by atoms with Crippen LogP contribution in [0.2, 0.25) is 0 Å². The van der Waals surface area contributed by atoms with E-state index < -0.39 is 0 Å². The van der Waals surface area contributed by atoms with E-state index in [1.165, 1.54) is 10.9 Å². The summed E-state index contributed by atoms with van der Waals surface area (Å²) in [5.74, 6) is -0.188. The van der Waals surface area contributed by atoms with Crippen LogP contribution < -0.4 is 10.2 Å². The molecule has 1 N–H and O–H groups in total. The molecule has 2 aromatic heterocycles. The Bertz CT molecular complexity index is 880. The van der Waals surface area contributed by atoms with Crippen molar-refractivity contribution in [2.45, 2.75) is 26.4 Å². The Morgan fingerprint density at radius 2 is 2.08 bits per heavy atom. The van der Waals surface area contributed by atoms with Gasteiger partial charge in [-0.25, -0.2) is 9.67 Å². The number of thiazole rings is 1. The van der Waals surface area contributed by atoms with E-state index in [1.807, 2.05) is 38.1 Å². The highest BCUT2D eigenvalue weighted by molar-refractivity contribution is 7.07. The highest BCUT2D eigenvalue weighted by atomic mass is 32.1. The topological polar surface area (TPSA) is 81.8 Å². The lowest BCUT2D eigenvalue weighted by Gasteiger charge is -2.15. The molecule has 2 heterocycles. The molecule has 0 bridgehead atoms. The maximum Gasteiger partial charge on any atom is 0.307 e. The van der Waals surface area contributed by atoms with Gasteiger partial charge < -0.3 is 5.32 Å². The van der Waals surface area contributed by atoms with E-state index in [4.69, 9.17) is 0 Å². The quantitative estimate of drug-likeness (QED) is 0.764. The van der Waals surface area contributed by atoms with Crippen molar-refractivity contribution in [3.8, 4) is 5.69 Å². The van der Waals surface area contributed by atoms with Crippen LogP contribution in [0.5, 0.6) is 0 Å². The zero-order chi connectivity index (χ0) is 17.1. The molecule has 0 aliphatic carbocycles. The Hall–Kier alpha value is -2.74. The Morgan fingerprint density at radius 1 is 1.33 bits per heavy atom. The second-order valence-electron chi connectivity index (χ2n) is 5.45. The average Bonchev–Trinajstić information content (AvgIpc) is 3.21. The first-order valence-electron chi connectivity index (χ1n) is 7.44. The van der Waals surface area contributed by atoms with Crippen LogP contribution in [0.3, 0.4) is 0 Å². The van der Waals surface area contributed by atoms with E-state index in [0.29, 0.717) is 0 Å². The van der Waals surface area contributed by atoms with E-state index in [1.54, 1.807) is 16.4 Å². The molecule has 0 saturated heterocycles. The molecule has 7 nitrogen and oxygen atoms in total. The summed E-state index contributed by atoms with van der Waals surface area (Å²) < 4.78 is 3.14. The normalized spacial score (nSPS) is 12.1. The first-order chi connectivity index (χ1) is 11.5. The molecule has 124 valence electrons. The lowest BCUT2D eigenvalue weighted by molar-refractivity contribution is -0.122. The van der Waals surface area contributed by atoms with Crippen molar-refractivity contribution in [1.29, 1.82) is 0 Å². The van der Waals surface area contributed by atoms with Gasteiger partial charge in [-0.1, -0.05) is 23.5 Å². The molecular weight excluding hydrogens is 326 g/mol. The smallest absolute Gasteiger partial charge is 0.307 e. The Morgan fingerprint density at radius 3 is 2.67 bits per heavy atom. The van der Waals surface area contributed by atoms with Crippen LogP contribution in [0.1, 0.15) is 24.2 Å². The molecule has 0 radical (unpaired) electrons. The first kappa shape index (κ1) is 16.1. The number of hydrogen-bond acceptors (Lipinski definition) is 5. The molecule has 0 aliphatic heterocycles. The third-order valence-corrected chi connectivity index (χ3v) is 4.61. The van der Waals surface area contributed by atoms with Crippen LogP contribution in [0.15, 0.2) is 47.1 Å². The summed E-state index contributed by atoms with van der Waals surface area (Å²) in [4.78, 5) is 27.6. The van der Waals surface area contributed by atoms with Gasteiger partial charge in [0, 0.05) is 11.1 Å². The van der Waals surface area contributed by atoms with Gasteiger partial charge >= 0.3 is 4.87 Å². The van der Waals surface area contributed by atoms with E-state index in [9.17, 15) is 9.59 Å². The summed E-state index contributed by atoms with van der Waals surface area (Å²) >= 11 is 1.10. The zero-order valence-corrected chi connectivity index (χ0v) is 14.2. The number of aromatic nitrogens is 4. The number of carbonyl (C=O) groups is 1. The number of benzene rings is 1. The van der Waals surface area contributed by atoms with Crippen molar-refractivity contribution in [2.24, 2.45) is 0 Å². The molecule has 1 atom stereocenters. The predicted octanol–water partition coefficient (Wildman–Crippen LogP) is 1.68. The van der Waals surface area contributed by atoms with Crippen molar-refractivity contribution in [1.82, 2.24) is 24.6 Å². The summed E-state index contributed by atoms with van der Waals surface area (Å²) in [5.41, 5.74) is 2.67. The van der Waals surface area contributed by atoms with Crippen molar-refractivity contribution in [3.05, 3.63) is 63.2 Å². The number of nitrogens with one attached hydrogen (secondary N) is 1.